The smallest absolute Gasteiger partial charge is 0.338 e. The molecule has 0 saturated carbocycles. The highest BCUT2D eigenvalue weighted by Gasteiger charge is 2.07. The van der Waals surface area contributed by atoms with Crippen LogP contribution in [-0.4, -0.2) is 24.2 Å². The summed E-state index contributed by atoms with van der Waals surface area (Å²) in [6.07, 6.45) is 2.84. The van der Waals surface area contributed by atoms with Crippen molar-refractivity contribution in [3.8, 4) is 0 Å². The van der Waals surface area contributed by atoms with Gasteiger partial charge in [0.1, 0.15) is 0 Å². The Bertz CT molecular complexity index is 120. The molecule has 2 N–H and O–H groups in total. The van der Waals surface area contributed by atoms with Crippen molar-refractivity contribution in [2.75, 3.05) is 13.2 Å². The summed E-state index contributed by atoms with van der Waals surface area (Å²) in [5.74, 6) is 0. The highest BCUT2D eigenvalue weighted by atomic mass is 16.7. The van der Waals surface area contributed by atoms with Crippen LogP contribution in [0.5, 0.6) is 0 Å². The molecule has 0 bridgehead atoms. The quantitative estimate of drug-likeness (QED) is 0.620. The predicted molar refractivity (Wildman–Crippen MR) is 47.4 cm³/mol. The van der Waals surface area contributed by atoms with E-state index in [1.54, 1.807) is 0 Å². The molecule has 0 aliphatic heterocycles. The molecule has 4 nitrogen and oxygen atoms in total. The van der Waals surface area contributed by atoms with Gasteiger partial charge in [0, 0.05) is 0 Å². The zero-order valence-electron chi connectivity index (χ0n) is 7.88. The number of hydroxylamine groups is 2. The molecule has 12 heavy (non-hydrogen) atoms. The molecule has 4 heteroatoms. The molecule has 0 aliphatic carbocycles. The molecule has 0 aromatic rings. The summed E-state index contributed by atoms with van der Waals surface area (Å²) in [4.78, 5) is 15.8. The van der Waals surface area contributed by atoms with E-state index in [4.69, 9.17) is 10.6 Å². The number of carbonyl (C=O) groups excluding carboxylic acids is 1. The lowest BCUT2D eigenvalue weighted by Gasteiger charge is -2.18. The van der Waals surface area contributed by atoms with Crippen LogP contribution in [0.25, 0.3) is 0 Å². The monoisotopic (exact) mass is 174 g/mol. The highest BCUT2D eigenvalue weighted by molar-refractivity contribution is 5.70. The van der Waals surface area contributed by atoms with Gasteiger partial charge in [0.05, 0.1) is 13.2 Å². The van der Waals surface area contributed by atoms with Gasteiger partial charge < -0.3 is 5.73 Å². The Morgan fingerprint density at radius 3 is 2.50 bits per heavy atom. The lowest BCUT2D eigenvalue weighted by Crippen LogP contribution is -2.36. The highest BCUT2D eigenvalue weighted by Crippen LogP contribution is 1.96. The van der Waals surface area contributed by atoms with Crippen molar-refractivity contribution in [1.29, 1.82) is 0 Å². The fourth-order valence-corrected chi connectivity index (χ4v) is 0.742. The molecule has 0 aliphatic rings. The number of urea groups is 1. The molecule has 0 spiro atoms. The molecule has 0 radical (unpaired) electrons. The van der Waals surface area contributed by atoms with Crippen LogP contribution in [0, 0.1) is 0 Å². The first-order valence-corrected chi connectivity index (χ1v) is 4.42. The van der Waals surface area contributed by atoms with Crippen LogP contribution in [0.2, 0.25) is 0 Å². The maximum Gasteiger partial charge on any atom is 0.338 e. The van der Waals surface area contributed by atoms with Crippen molar-refractivity contribution in [2.24, 2.45) is 5.73 Å². The third-order valence-electron chi connectivity index (χ3n) is 1.41. The first kappa shape index (κ1) is 11.2. The summed E-state index contributed by atoms with van der Waals surface area (Å²) in [5.41, 5.74) is 5.08. The molecular formula is C8H18N2O2. The minimum atomic E-state index is -0.503. The van der Waals surface area contributed by atoms with Crippen molar-refractivity contribution in [1.82, 2.24) is 5.06 Å². The normalized spacial score (nSPS) is 9.83. The van der Waals surface area contributed by atoms with Crippen LogP contribution in [-0.2, 0) is 4.84 Å². The summed E-state index contributed by atoms with van der Waals surface area (Å²) in [5, 5.41) is 1.23. The molecule has 0 atom stereocenters. The summed E-state index contributed by atoms with van der Waals surface area (Å²) in [7, 11) is 0. The van der Waals surface area contributed by atoms with E-state index in [1.165, 1.54) is 5.06 Å². The van der Waals surface area contributed by atoms with E-state index in [0.29, 0.717) is 13.2 Å². The van der Waals surface area contributed by atoms with Crippen LogP contribution in [0.3, 0.4) is 0 Å². The number of carbonyl (C=O) groups is 1. The number of unbranched alkanes of at least 4 members (excludes halogenated alkanes) is 1. The van der Waals surface area contributed by atoms with Gasteiger partial charge in [-0.25, -0.2) is 9.86 Å². The van der Waals surface area contributed by atoms with Crippen LogP contribution in [0.4, 0.5) is 4.79 Å². The Morgan fingerprint density at radius 1 is 1.42 bits per heavy atom. The van der Waals surface area contributed by atoms with Crippen molar-refractivity contribution in [2.45, 2.75) is 33.1 Å². The van der Waals surface area contributed by atoms with Gasteiger partial charge in [-0.3, -0.25) is 4.84 Å². The van der Waals surface area contributed by atoms with E-state index in [1.807, 2.05) is 6.92 Å². The Morgan fingerprint density at radius 2 is 2.08 bits per heavy atom. The summed E-state index contributed by atoms with van der Waals surface area (Å²) < 4.78 is 0. The molecule has 0 fully saturated rings. The molecule has 72 valence electrons. The van der Waals surface area contributed by atoms with E-state index in [9.17, 15) is 4.79 Å². The van der Waals surface area contributed by atoms with Gasteiger partial charge in [0.15, 0.2) is 0 Å². The van der Waals surface area contributed by atoms with E-state index in [0.717, 1.165) is 19.3 Å². The minimum Gasteiger partial charge on any atom is -0.350 e. The maximum atomic E-state index is 10.7. The van der Waals surface area contributed by atoms with Crippen LogP contribution in [0.1, 0.15) is 33.1 Å². The number of amides is 2. The summed E-state index contributed by atoms with van der Waals surface area (Å²) in [6, 6.07) is -0.503. The topological polar surface area (TPSA) is 55.6 Å². The molecule has 0 aromatic carbocycles. The molecule has 0 rings (SSSR count). The lowest BCUT2D eigenvalue weighted by molar-refractivity contribution is -0.115. The average Bonchev–Trinajstić information content (AvgIpc) is 2.04. The van der Waals surface area contributed by atoms with Crippen molar-refractivity contribution in [3.63, 3.8) is 0 Å². The van der Waals surface area contributed by atoms with E-state index in [2.05, 4.69) is 6.92 Å². The zero-order chi connectivity index (χ0) is 9.40. The number of nitrogens with zero attached hydrogens (tertiary/aromatic N) is 1. The molecule has 0 aromatic heterocycles. The van der Waals surface area contributed by atoms with E-state index < -0.39 is 6.03 Å². The molecule has 0 unspecified atom stereocenters. The number of primary amides is 1. The Labute approximate surface area is 73.6 Å². The second-order valence-corrected chi connectivity index (χ2v) is 2.63. The summed E-state index contributed by atoms with van der Waals surface area (Å²) in [6.45, 7) is 5.18. The second kappa shape index (κ2) is 6.91. The van der Waals surface area contributed by atoms with Gasteiger partial charge in [0.2, 0.25) is 0 Å². The van der Waals surface area contributed by atoms with E-state index in [-0.39, 0.29) is 0 Å². The number of rotatable bonds is 6. The van der Waals surface area contributed by atoms with Crippen LogP contribution >= 0.6 is 0 Å². The molecule has 0 saturated heterocycles. The third-order valence-corrected chi connectivity index (χ3v) is 1.41. The Balaban J connectivity index is 3.62. The third kappa shape index (κ3) is 4.96. The number of nitrogens with two attached hydrogens (primary N) is 1. The van der Waals surface area contributed by atoms with Crippen molar-refractivity contribution >= 4 is 6.03 Å². The molecular weight excluding hydrogens is 156 g/mol. The van der Waals surface area contributed by atoms with E-state index >= 15 is 0 Å². The van der Waals surface area contributed by atoms with Gasteiger partial charge in [-0.15, -0.1) is 0 Å². The van der Waals surface area contributed by atoms with Gasteiger partial charge in [-0.1, -0.05) is 20.3 Å². The minimum absolute atomic E-state index is 0.503. The fraction of sp³-hybridized carbons (Fsp3) is 0.875. The van der Waals surface area contributed by atoms with Crippen molar-refractivity contribution < 1.29 is 9.63 Å². The largest absolute Gasteiger partial charge is 0.350 e. The SMILES string of the molecule is CCCCN(OCCC)C(N)=O. The Hall–Kier alpha value is -0.770. The van der Waals surface area contributed by atoms with Gasteiger partial charge in [-0.2, -0.15) is 0 Å². The number of hydrogen-bond acceptors (Lipinski definition) is 2. The van der Waals surface area contributed by atoms with Gasteiger partial charge in [0.25, 0.3) is 0 Å². The van der Waals surface area contributed by atoms with Crippen LogP contribution < -0.4 is 5.73 Å². The molecule has 2 amide bonds. The maximum absolute atomic E-state index is 10.7. The van der Waals surface area contributed by atoms with Gasteiger partial charge in [-0.05, 0) is 12.8 Å². The van der Waals surface area contributed by atoms with Crippen molar-refractivity contribution in [3.05, 3.63) is 0 Å². The van der Waals surface area contributed by atoms with Crippen LogP contribution in [0.15, 0.2) is 0 Å². The van der Waals surface area contributed by atoms with Gasteiger partial charge >= 0.3 is 6.03 Å². The first-order valence-electron chi connectivity index (χ1n) is 4.42. The standard InChI is InChI=1S/C8H18N2O2/c1-3-5-6-10(8(9)11)12-7-4-2/h3-7H2,1-2H3,(H2,9,11). The zero-order valence-corrected chi connectivity index (χ0v) is 7.88. The average molecular weight is 174 g/mol. The number of hydrogen-bond donors (Lipinski definition) is 1. The predicted octanol–water partition coefficient (Wildman–Crippen LogP) is 1.51. The lowest BCUT2D eigenvalue weighted by atomic mass is 10.3. The fourth-order valence-electron chi connectivity index (χ4n) is 0.742. The molecule has 0 heterocycles. The first-order chi connectivity index (χ1) is 5.72. The second-order valence-electron chi connectivity index (χ2n) is 2.63. The Kier molecular flexibility index (Phi) is 6.47. The summed E-state index contributed by atoms with van der Waals surface area (Å²) >= 11 is 0.